The van der Waals surface area contributed by atoms with Crippen LogP contribution in [0.25, 0.3) is 0 Å². The van der Waals surface area contributed by atoms with Crippen LogP contribution in [0.4, 0.5) is 4.39 Å². The first kappa shape index (κ1) is 16.0. The summed E-state index contributed by atoms with van der Waals surface area (Å²) in [4.78, 5) is 12.2. The lowest BCUT2D eigenvalue weighted by Crippen LogP contribution is -2.38. The summed E-state index contributed by atoms with van der Waals surface area (Å²) in [6.45, 7) is 1.62. The zero-order valence-electron chi connectivity index (χ0n) is 12.5. The molecule has 122 valence electrons. The summed E-state index contributed by atoms with van der Waals surface area (Å²) < 4.78 is 19.1. The van der Waals surface area contributed by atoms with Crippen LogP contribution in [0.15, 0.2) is 41.0 Å². The summed E-state index contributed by atoms with van der Waals surface area (Å²) in [6, 6.07) is 7.17. The van der Waals surface area contributed by atoms with Crippen LogP contribution in [0.1, 0.15) is 36.7 Å². The van der Waals surface area contributed by atoms with E-state index in [0.717, 1.165) is 5.76 Å². The first-order valence-corrected chi connectivity index (χ1v) is 7.82. The number of hydrogen-bond acceptors (Lipinski definition) is 3. The summed E-state index contributed by atoms with van der Waals surface area (Å²) >= 11 is 5.95. The lowest BCUT2D eigenvalue weighted by Gasteiger charge is -2.22. The molecule has 1 aliphatic rings. The Kier molecular flexibility index (Phi) is 4.41. The van der Waals surface area contributed by atoms with Crippen LogP contribution in [0.5, 0.6) is 0 Å². The molecule has 1 fully saturated rings. The number of rotatable bonds is 5. The number of halogens is 2. The normalized spacial score (nSPS) is 22.4. The molecule has 1 aliphatic carbocycles. The Bertz CT molecular complexity index is 684. The largest absolute Gasteiger partial charge is 0.469 e. The average Bonchev–Trinajstić information content (AvgIpc) is 3.13. The molecular weight excluding hydrogens is 321 g/mol. The van der Waals surface area contributed by atoms with Crippen LogP contribution in [0.3, 0.4) is 0 Å². The van der Waals surface area contributed by atoms with Gasteiger partial charge in [0.2, 0.25) is 5.91 Å². The van der Waals surface area contributed by atoms with Crippen molar-refractivity contribution in [3.8, 4) is 0 Å². The van der Waals surface area contributed by atoms with Gasteiger partial charge in [-0.2, -0.15) is 0 Å². The molecule has 1 heterocycles. The smallest absolute Gasteiger partial charge is 0.224 e. The van der Waals surface area contributed by atoms with Gasteiger partial charge in [0, 0.05) is 22.4 Å². The van der Waals surface area contributed by atoms with Crippen LogP contribution in [0.2, 0.25) is 5.02 Å². The van der Waals surface area contributed by atoms with E-state index in [1.54, 1.807) is 19.3 Å². The molecule has 0 spiro atoms. The summed E-state index contributed by atoms with van der Waals surface area (Å²) in [7, 11) is 0. The number of nitrogens with one attached hydrogen (secondary N) is 1. The lowest BCUT2D eigenvalue weighted by atomic mass is 10.0. The van der Waals surface area contributed by atoms with Gasteiger partial charge in [-0.1, -0.05) is 17.7 Å². The highest BCUT2D eigenvalue weighted by atomic mass is 35.5. The Labute approximate surface area is 138 Å². The minimum Gasteiger partial charge on any atom is -0.469 e. The van der Waals surface area contributed by atoms with Gasteiger partial charge >= 0.3 is 0 Å². The van der Waals surface area contributed by atoms with Gasteiger partial charge in [0.25, 0.3) is 0 Å². The molecule has 1 amide bonds. The highest BCUT2D eigenvalue weighted by Gasteiger charge is 2.46. The highest BCUT2D eigenvalue weighted by molar-refractivity contribution is 6.31. The topological polar surface area (TPSA) is 62.5 Å². The zero-order valence-corrected chi connectivity index (χ0v) is 13.3. The van der Waals surface area contributed by atoms with E-state index in [0.29, 0.717) is 6.42 Å². The number of carbonyl (C=O) groups excluding carboxylic acids is 1. The van der Waals surface area contributed by atoms with Crippen LogP contribution in [-0.2, 0) is 4.79 Å². The fourth-order valence-corrected chi connectivity index (χ4v) is 3.03. The maximum absolute atomic E-state index is 13.8. The van der Waals surface area contributed by atoms with E-state index < -0.39 is 18.0 Å². The van der Waals surface area contributed by atoms with E-state index in [1.807, 2.05) is 6.07 Å². The summed E-state index contributed by atoms with van der Waals surface area (Å²) in [5, 5.41) is 13.2. The van der Waals surface area contributed by atoms with Crippen molar-refractivity contribution in [3.05, 3.63) is 58.8 Å². The zero-order chi connectivity index (χ0) is 16.6. The second-order valence-electron chi connectivity index (χ2n) is 5.84. The van der Waals surface area contributed by atoms with Crippen molar-refractivity contribution in [2.24, 2.45) is 5.92 Å². The number of amides is 1. The molecule has 0 saturated heterocycles. The number of benzene rings is 1. The summed E-state index contributed by atoms with van der Waals surface area (Å²) in [6.07, 6.45) is 1.08. The van der Waals surface area contributed by atoms with E-state index in [2.05, 4.69) is 5.32 Å². The predicted octanol–water partition coefficient (Wildman–Crippen LogP) is 3.41. The molecule has 1 aromatic carbocycles. The number of carbonyl (C=O) groups is 1. The molecule has 23 heavy (non-hydrogen) atoms. The van der Waals surface area contributed by atoms with Crippen molar-refractivity contribution >= 4 is 17.5 Å². The predicted molar refractivity (Wildman–Crippen MR) is 83.5 cm³/mol. The molecule has 6 heteroatoms. The average molecular weight is 338 g/mol. The minimum atomic E-state index is -1.21. The Morgan fingerprint density at radius 1 is 1.43 bits per heavy atom. The van der Waals surface area contributed by atoms with E-state index in [4.69, 9.17) is 16.0 Å². The number of hydrogen-bond donors (Lipinski definition) is 2. The molecular formula is C17H17ClFNO3. The standard InChI is InChI=1S/C17H17ClFNO3/c1-9(16(21)15-12(18)4-2-5-13(15)19)20-17(22)11-8-10(11)14-6-3-7-23-14/h2-7,9-11,16,21H,8H2,1H3,(H,20,22)/t9-,10+,11+,16-/m0/s1. The Balaban J connectivity index is 1.63. The quantitative estimate of drug-likeness (QED) is 0.878. The lowest BCUT2D eigenvalue weighted by molar-refractivity contribution is -0.123. The van der Waals surface area contributed by atoms with Crippen LogP contribution < -0.4 is 5.32 Å². The SMILES string of the molecule is C[C@H](NC(=O)[C@@H]1C[C@H]1c1ccco1)[C@H](O)c1c(F)cccc1Cl. The minimum absolute atomic E-state index is 0.000322. The molecule has 4 nitrogen and oxygen atoms in total. The Morgan fingerprint density at radius 3 is 2.87 bits per heavy atom. The Morgan fingerprint density at radius 2 is 2.22 bits per heavy atom. The Hall–Kier alpha value is -1.85. The fourth-order valence-electron chi connectivity index (χ4n) is 2.76. The van der Waals surface area contributed by atoms with Crippen molar-refractivity contribution in [1.82, 2.24) is 5.32 Å². The molecule has 4 atom stereocenters. The second kappa shape index (κ2) is 6.34. The maximum Gasteiger partial charge on any atom is 0.224 e. The molecule has 0 radical (unpaired) electrons. The molecule has 2 aromatic rings. The van der Waals surface area contributed by atoms with Crippen molar-refractivity contribution in [1.29, 1.82) is 0 Å². The first-order valence-electron chi connectivity index (χ1n) is 7.44. The highest BCUT2D eigenvalue weighted by Crippen LogP contribution is 2.47. The van der Waals surface area contributed by atoms with Crippen LogP contribution in [-0.4, -0.2) is 17.1 Å². The summed E-state index contributed by atoms with van der Waals surface area (Å²) in [5.74, 6) is -0.0785. The van der Waals surface area contributed by atoms with Gasteiger partial charge in [0.15, 0.2) is 0 Å². The van der Waals surface area contributed by atoms with Crippen molar-refractivity contribution in [2.45, 2.75) is 31.4 Å². The third-order valence-corrected chi connectivity index (χ3v) is 4.50. The second-order valence-corrected chi connectivity index (χ2v) is 6.25. The maximum atomic E-state index is 13.8. The van der Waals surface area contributed by atoms with Gasteiger partial charge in [-0.15, -0.1) is 0 Å². The summed E-state index contributed by atoms with van der Waals surface area (Å²) in [5.41, 5.74) is 0.000322. The number of aliphatic hydroxyl groups is 1. The molecule has 0 bridgehead atoms. The molecule has 3 rings (SSSR count). The van der Waals surface area contributed by atoms with Gasteiger partial charge in [-0.05, 0) is 37.6 Å². The van der Waals surface area contributed by atoms with Gasteiger partial charge in [0.05, 0.1) is 12.3 Å². The van der Waals surface area contributed by atoms with Crippen LogP contribution >= 0.6 is 11.6 Å². The van der Waals surface area contributed by atoms with Crippen molar-refractivity contribution in [2.75, 3.05) is 0 Å². The van der Waals surface area contributed by atoms with E-state index in [1.165, 1.54) is 18.2 Å². The fraction of sp³-hybridized carbons (Fsp3) is 0.353. The van der Waals surface area contributed by atoms with Gasteiger partial charge < -0.3 is 14.8 Å². The van der Waals surface area contributed by atoms with E-state index in [9.17, 15) is 14.3 Å². The number of furan rings is 1. The third kappa shape index (κ3) is 3.26. The molecule has 1 saturated carbocycles. The number of aliphatic hydroxyl groups excluding tert-OH is 1. The van der Waals surface area contributed by atoms with E-state index >= 15 is 0 Å². The first-order chi connectivity index (χ1) is 11.0. The molecule has 1 aromatic heterocycles. The van der Waals surface area contributed by atoms with Crippen molar-refractivity contribution in [3.63, 3.8) is 0 Å². The van der Waals surface area contributed by atoms with Gasteiger partial charge in [-0.25, -0.2) is 4.39 Å². The molecule has 0 unspecified atom stereocenters. The monoisotopic (exact) mass is 337 g/mol. The third-order valence-electron chi connectivity index (χ3n) is 4.17. The molecule has 2 N–H and O–H groups in total. The van der Waals surface area contributed by atoms with Gasteiger partial charge in [-0.3, -0.25) is 4.79 Å². The van der Waals surface area contributed by atoms with Gasteiger partial charge in [0.1, 0.15) is 17.7 Å². The van der Waals surface area contributed by atoms with E-state index in [-0.39, 0.29) is 28.3 Å². The van der Waals surface area contributed by atoms with Crippen LogP contribution in [0, 0.1) is 11.7 Å². The van der Waals surface area contributed by atoms with Crippen molar-refractivity contribution < 1.29 is 18.7 Å². The molecule has 0 aliphatic heterocycles.